The number of carbonyl (C=O) groups is 2. The lowest BCUT2D eigenvalue weighted by Crippen LogP contribution is -2.64. The van der Waals surface area contributed by atoms with Crippen LogP contribution in [-0.4, -0.2) is 82.1 Å². The average Bonchev–Trinajstić information content (AvgIpc) is 3.38. The van der Waals surface area contributed by atoms with Gasteiger partial charge in [-0.1, -0.05) is 11.6 Å². The highest BCUT2D eigenvalue weighted by Crippen LogP contribution is 2.35. The van der Waals surface area contributed by atoms with Crippen molar-refractivity contribution in [2.75, 3.05) is 33.4 Å². The van der Waals surface area contributed by atoms with Crippen LogP contribution in [0.4, 0.5) is 4.39 Å². The van der Waals surface area contributed by atoms with Crippen molar-refractivity contribution in [1.82, 2.24) is 24.8 Å². The molecule has 0 N–H and O–H groups in total. The van der Waals surface area contributed by atoms with Crippen LogP contribution in [0, 0.1) is 5.82 Å². The Morgan fingerprint density at radius 1 is 1.25 bits per heavy atom. The second kappa shape index (κ2) is 10.2. The van der Waals surface area contributed by atoms with Gasteiger partial charge in [0.05, 0.1) is 48.8 Å². The summed E-state index contributed by atoms with van der Waals surface area (Å²) in [7, 11) is 1.28. The fraction of sp³-hybridized carbons (Fsp3) is 0.375. The Kier molecular flexibility index (Phi) is 6.98. The maximum Gasteiger partial charge on any atom is 0.342 e. The fourth-order valence-corrected chi connectivity index (χ4v) is 5.49. The van der Waals surface area contributed by atoms with Crippen LogP contribution in [0.1, 0.15) is 23.0 Å². The Hall–Kier alpha value is -2.99. The van der Waals surface area contributed by atoms with Crippen LogP contribution >= 0.6 is 22.9 Å². The molecule has 188 valence electrons. The van der Waals surface area contributed by atoms with Gasteiger partial charge < -0.3 is 14.4 Å². The van der Waals surface area contributed by atoms with E-state index in [0.29, 0.717) is 54.9 Å². The molecule has 0 saturated carbocycles. The molecule has 1 aromatic carbocycles. The molecule has 2 fully saturated rings. The minimum Gasteiger partial charge on any atom is -0.465 e. The van der Waals surface area contributed by atoms with Gasteiger partial charge in [0.1, 0.15) is 11.4 Å². The van der Waals surface area contributed by atoms with Gasteiger partial charge in [0.2, 0.25) is 5.91 Å². The maximum absolute atomic E-state index is 13.8. The first-order valence-electron chi connectivity index (χ1n) is 11.3. The van der Waals surface area contributed by atoms with Crippen LogP contribution in [0.3, 0.4) is 0 Å². The Balaban J connectivity index is 1.65. The number of esters is 1. The lowest BCUT2D eigenvalue weighted by atomic mass is 10.00. The topological polar surface area (TPSA) is 97.8 Å². The monoisotopic (exact) mass is 531 g/mol. The largest absolute Gasteiger partial charge is 0.465 e. The first-order valence-corrected chi connectivity index (χ1v) is 12.5. The Bertz CT molecular complexity index is 1290. The van der Waals surface area contributed by atoms with Crippen molar-refractivity contribution in [3.63, 3.8) is 0 Å². The molecule has 5 rings (SSSR count). The number of fused-ring (bicyclic) bond motifs is 2. The zero-order valence-corrected chi connectivity index (χ0v) is 21.2. The number of benzene rings is 1. The van der Waals surface area contributed by atoms with Crippen LogP contribution in [0.5, 0.6) is 0 Å². The third-order valence-electron chi connectivity index (χ3n) is 6.38. The first-order chi connectivity index (χ1) is 17.4. The van der Waals surface area contributed by atoms with E-state index in [1.165, 1.54) is 36.6 Å². The summed E-state index contributed by atoms with van der Waals surface area (Å²) in [4.78, 5) is 42.9. The van der Waals surface area contributed by atoms with Gasteiger partial charge in [0.15, 0.2) is 10.8 Å². The van der Waals surface area contributed by atoms with Crippen molar-refractivity contribution in [2.45, 2.75) is 25.6 Å². The van der Waals surface area contributed by atoms with Gasteiger partial charge in [0, 0.05) is 43.7 Å². The number of thiazole rings is 1. The fourth-order valence-electron chi connectivity index (χ4n) is 4.66. The zero-order chi connectivity index (χ0) is 25.4. The average molecular weight is 532 g/mol. The van der Waals surface area contributed by atoms with Gasteiger partial charge in [-0.25, -0.2) is 24.1 Å². The van der Waals surface area contributed by atoms with Crippen LogP contribution in [0.2, 0.25) is 5.02 Å². The van der Waals surface area contributed by atoms with Gasteiger partial charge in [-0.15, -0.1) is 11.3 Å². The Morgan fingerprint density at radius 2 is 2.00 bits per heavy atom. The first kappa shape index (κ1) is 24.7. The predicted molar refractivity (Wildman–Crippen MR) is 131 cm³/mol. The van der Waals surface area contributed by atoms with E-state index in [2.05, 4.69) is 14.9 Å². The molecule has 1 amide bonds. The smallest absolute Gasteiger partial charge is 0.342 e. The number of nitrogens with zero attached hydrogens (tertiary/aromatic N) is 5. The number of morpholine rings is 1. The number of halogens is 2. The molecule has 0 aliphatic carbocycles. The predicted octanol–water partition coefficient (Wildman–Crippen LogP) is 3.28. The molecule has 2 saturated heterocycles. The van der Waals surface area contributed by atoms with Crippen molar-refractivity contribution < 1.29 is 23.5 Å². The summed E-state index contributed by atoms with van der Waals surface area (Å²) >= 11 is 7.76. The van der Waals surface area contributed by atoms with Gasteiger partial charge >= 0.3 is 5.97 Å². The van der Waals surface area contributed by atoms with Crippen molar-refractivity contribution >= 4 is 34.8 Å². The Morgan fingerprint density at radius 3 is 2.61 bits per heavy atom. The van der Waals surface area contributed by atoms with Gasteiger partial charge in [-0.05, 0) is 18.2 Å². The minimum atomic E-state index is -0.630. The summed E-state index contributed by atoms with van der Waals surface area (Å²) in [6, 6.07) is 3.78. The standard InChI is InChI=1S/C24H23ClFN5O4S/c1-13(32)30-8-15-11-35-12-16(9-30)31(15)10-19-20(24(33)34-2)21(17-4-3-14(26)7-18(17)25)29-22(28-19)23-27-5-6-36-23/h3-7,15-16H,8-12H2,1-2H3/t15-,16?/m1/s1. The second-order valence-electron chi connectivity index (χ2n) is 8.61. The summed E-state index contributed by atoms with van der Waals surface area (Å²) in [5.74, 6) is -0.793. The van der Waals surface area contributed by atoms with E-state index < -0.39 is 11.8 Å². The number of aromatic nitrogens is 3. The quantitative estimate of drug-likeness (QED) is 0.463. The SMILES string of the molecule is COC(=O)c1c(CN2C3COC[C@H]2CN(C(C)=O)C3)nc(-c2nccs2)nc1-c1ccc(F)cc1Cl. The number of hydrogen-bond donors (Lipinski definition) is 0. The molecular formula is C24H23ClFN5O4S. The lowest BCUT2D eigenvalue weighted by Gasteiger charge is -2.49. The molecule has 9 nitrogen and oxygen atoms in total. The molecule has 0 radical (unpaired) electrons. The second-order valence-corrected chi connectivity index (χ2v) is 9.91. The van der Waals surface area contributed by atoms with Crippen molar-refractivity contribution in [3.05, 3.63) is 51.9 Å². The molecule has 2 bridgehead atoms. The number of rotatable bonds is 5. The number of carbonyl (C=O) groups excluding carboxylic acids is 2. The third-order valence-corrected chi connectivity index (χ3v) is 7.46. The van der Waals surface area contributed by atoms with Crippen LogP contribution < -0.4 is 0 Å². The van der Waals surface area contributed by atoms with E-state index in [-0.39, 0.29) is 34.3 Å². The number of amides is 1. The maximum atomic E-state index is 13.8. The molecule has 2 atom stereocenters. The normalized spacial score (nSPS) is 19.8. The summed E-state index contributed by atoms with van der Waals surface area (Å²) < 4.78 is 24.7. The Labute approximate surface area is 215 Å². The highest BCUT2D eigenvalue weighted by atomic mass is 35.5. The molecule has 0 spiro atoms. The number of piperazine rings is 1. The number of ether oxygens (including phenoxy) is 2. The van der Waals surface area contributed by atoms with E-state index in [1.54, 1.807) is 18.5 Å². The van der Waals surface area contributed by atoms with Gasteiger partial charge in [-0.3, -0.25) is 9.69 Å². The highest BCUT2D eigenvalue weighted by molar-refractivity contribution is 7.13. The van der Waals surface area contributed by atoms with E-state index >= 15 is 0 Å². The summed E-state index contributed by atoms with van der Waals surface area (Å²) in [5, 5.41) is 2.48. The molecular weight excluding hydrogens is 509 g/mol. The van der Waals surface area contributed by atoms with Crippen molar-refractivity contribution in [2.24, 2.45) is 0 Å². The van der Waals surface area contributed by atoms with Crippen molar-refractivity contribution in [1.29, 1.82) is 0 Å². The summed E-state index contributed by atoms with van der Waals surface area (Å²) in [5.41, 5.74) is 1.21. The summed E-state index contributed by atoms with van der Waals surface area (Å²) in [6.07, 6.45) is 1.64. The molecule has 4 heterocycles. The van der Waals surface area contributed by atoms with E-state index in [0.717, 1.165) is 0 Å². The van der Waals surface area contributed by atoms with Crippen LogP contribution in [0.25, 0.3) is 22.1 Å². The summed E-state index contributed by atoms with van der Waals surface area (Å²) in [6.45, 7) is 3.79. The number of hydrogen-bond acceptors (Lipinski definition) is 9. The lowest BCUT2D eigenvalue weighted by molar-refractivity contribution is -0.143. The third kappa shape index (κ3) is 4.71. The molecule has 3 aromatic rings. The van der Waals surface area contributed by atoms with Gasteiger partial charge in [-0.2, -0.15) is 0 Å². The molecule has 2 aliphatic heterocycles. The molecule has 1 unspecified atom stereocenters. The molecule has 2 aromatic heterocycles. The van der Waals surface area contributed by atoms with Gasteiger partial charge in [0.25, 0.3) is 0 Å². The molecule has 2 aliphatic rings. The highest BCUT2D eigenvalue weighted by Gasteiger charge is 2.40. The molecule has 12 heteroatoms. The van der Waals surface area contributed by atoms with Crippen LogP contribution in [-0.2, 0) is 20.8 Å². The molecule has 36 heavy (non-hydrogen) atoms. The van der Waals surface area contributed by atoms with E-state index in [4.69, 9.17) is 26.1 Å². The van der Waals surface area contributed by atoms with E-state index in [9.17, 15) is 14.0 Å². The van der Waals surface area contributed by atoms with Crippen molar-refractivity contribution in [3.8, 4) is 22.1 Å². The number of methoxy groups -OCH3 is 1. The zero-order valence-electron chi connectivity index (χ0n) is 19.6. The minimum absolute atomic E-state index is 0.0168. The van der Waals surface area contributed by atoms with Crippen LogP contribution in [0.15, 0.2) is 29.8 Å². The van der Waals surface area contributed by atoms with E-state index in [1.807, 2.05) is 4.90 Å².